The summed E-state index contributed by atoms with van der Waals surface area (Å²) in [5.74, 6) is 3.65. The highest BCUT2D eigenvalue weighted by molar-refractivity contribution is 5.29. The molecule has 0 radical (unpaired) electrons. The van der Waals surface area contributed by atoms with Crippen molar-refractivity contribution in [2.75, 3.05) is 31.6 Å². The van der Waals surface area contributed by atoms with Gasteiger partial charge >= 0.3 is 0 Å². The summed E-state index contributed by atoms with van der Waals surface area (Å²) >= 11 is 0. The summed E-state index contributed by atoms with van der Waals surface area (Å²) < 4.78 is 0. The van der Waals surface area contributed by atoms with E-state index in [2.05, 4.69) is 20.4 Å². The third-order valence-corrected chi connectivity index (χ3v) is 4.87. The van der Waals surface area contributed by atoms with Crippen molar-refractivity contribution in [3.63, 3.8) is 0 Å². The standard InChI is InChI=1S/C15H27N5/c1-16-11-13-6-8-20(9-7-13)15-17-14(18-19-15)10-12-4-2-3-5-12/h12-13,16H,2-11H2,1H3,(H,17,18,19). The highest BCUT2D eigenvalue weighted by Gasteiger charge is 2.22. The molecule has 1 aliphatic carbocycles. The van der Waals surface area contributed by atoms with E-state index in [4.69, 9.17) is 4.98 Å². The predicted octanol–water partition coefficient (Wildman–Crippen LogP) is 1.97. The van der Waals surface area contributed by atoms with Crippen molar-refractivity contribution in [1.82, 2.24) is 20.5 Å². The second-order valence-electron chi connectivity index (χ2n) is 6.42. The lowest BCUT2D eigenvalue weighted by Gasteiger charge is -2.30. The Bertz CT molecular complexity index is 402. The molecule has 1 saturated carbocycles. The Morgan fingerprint density at radius 2 is 1.90 bits per heavy atom. The smallest absolute Gasteiger partial charge is 0.244 e. The number of H-pyrrole nitrogens is 1. The molecule has 1 aliphatic heterocycles. The first-order chi connectivity index (χ1) is 9.85. The topological polar surface area (TPSA) is 56.8 Å². The van der Waals surface area contributed by atoms with Crippen LogP contribution in [0.2, 0.25) is 0 Å². The zero-order chi connectivity index (χ0) is 13.8. The number of anilines is 1. The minimum Gasteiger partial charge on any atom is -0.340 e. The van der Waals surface area contributed by atoms with Gasteiger partial charge in [-0.3, -0.25) is 5.10 Å². The zero-order valence-corrected chi connectivity index (χ0v) is 12.6. The summed E-state index contributed by atoms with van der Waals surface area (Å²) in [6.07, 6.45) is 9.09. The summed E-state index contributed by atoms with van der Waals surface area (Å²) in [5, 5.41) is 10.9. The van der Waals surface area contributed by atoms with Gasteiger partial charge in [0, 0.05) is 19.5 Å². The molecular formula is C15H27N5. The normalized spacial score (nSPS) is 21.8. The molecule has 5 heteroatoms. The Hall–Kier alpha value is -1.10. The number of hydrogen-bond acceptors (Lipinski definition) is 4. The predicted molar refractivity (Wildman–Crippen MR) is 80.9 cm³/mol. The molecule has 2 aliphatic rings. The van der Waals surface area contributed by atoms with E-state index in [1.807, 2.05) is 7.05 Å². The maximum atomic E-state index is 4.71. The molecule has 0 amide bonds. The summed E-state index contributed by atoms with van der Waals surface area (Å²) in [7, 11) is 2.04. The fourth-order valence-corrected chi connectivity index (χ4v) is 3.63. The average molecular weight is 277 g/mol. The number of rotatable bonds is 5. The molecular weight excluding hydrogens is 250 g/mol. The van der Waals surface area contributed by atoms with E-state index in [0.29, 0.717) is 0 Å². The van der Waals surface area contributed by atoms with Crippen LogP contribution in [0.25, 0.3) is 0 Å². The molecule has 0 atom stereocenters. The van der Waals surface area contributed by atoms with E-state index in [9.17, 15) is 0 Å². The van der Waals surface area contributed by atoms with Crippen molar-refractivity contribution in [3.05, 3.63) is 5.82 Å². The van der Waals surface area contributed by atoms with Gasteiger partial charge in [-0.1, -0.05) is 25.7 Å². The molecule has 112 valence electrons. The summed E-state index contributed by atoms with van der Waals surface area (Å²) in [6.45, 7) is 3.31. The molecule has 1 aromatic heterocycles. The molecule has 2 N–H and O–H groups in total. The van der Waals surface area contributed by atoms with Crippen LogP contribution in [-0.2, 0) is 6.42 Å². The van der Waals surface area contributed by atoms with Crippen LogP contribution in [-0.4, -0.2) is 41.9 Å². The highest BCUT2D eigenvalue weighted by atomic mass is 15.4. The monoisotopic (exact) mass is 277 g/mol. The number of piperidine rings is 1. The molecule has 1 saturated heterocycles. The second-order valence-corrected chi connectivity index (χ2v) is 6.42. The minimum atomic E-state index is 0.813. The van der Waals surface area contributed by atoms with Crippen LogP contribution in [0, 0.1) is 11.8 Å². The maximum Gasteiger partial charge on any atom is 0.244 e. The molecule has 3 rings (SSSR count). The van der Waals surface area contributed by atoms with E-state index < -0.39 is 0 Å². The fourth-order valence-electron chi connectivity index (χ4n) is 3.63. The van der Waals surface area contributed by atoms with Crippen molar-refractivity contribution >= 4 is 5.95 Å². The average Bonchev–Trinajstić information content (AvgIpc) is 3.12. The molecule has 1 aromatic rings. The molecule has 20 heavy (non-hydrogen) atoms. The van der Waals surface area contributed by atoms with Gasteiger partial charge in [0.2, 0.25) is 5.95 Å². The molecule has 2 fully saturated rings. The van der Waals surface area contributed by atoms with Crippen LogP contribution >= 0.6 is 0 Å². The van der Waals surface area contributed by atoms with Gasteiger partial charge < -0.3 is 10.2 Å². The van der Waals surface area contributed by atoms with E-state index in [0.717, 1.165) is 49.7 Å². The Morgan fingerprint density at radius 1 is 1.15 bits per heavy atom. The first-order valence-corrected chi connectivity index (χ1v) is 8.16. The Balaban J connectivity index is 1.52. The maximum absolute atomic E-state index is 4.71. The van der Waals surface area contributed by atoms with Gasteiger partial charge in [0.1, 0.15) is 5.82 Å². The van der Waals surface area contributed by atoms with Crippen molar-refractivity contribution in [2.24, 2.45) is 11.8 Å². The lowest BCUT2D eigenvalue weighted by Crippen LogP contribution is -2.37. The quantitative estimate of drug-likeness (QED) is 0.864. The second kappa shape index (κ2) is 6.57. The third kappa shape index (κ3) is 3.32. The van der Waals surface area contributed by atoms with Crippen LogP contribution < -0.4 is 10.2 Å². The Kier molecular flexibility index (Phi) is 4.55. The van der Waals surface area contributed by atoms with Crippen LogP contribution in [0.5, 0.6) is 0 Å². The van der Waals surface area contributed by atoms with E-state index in [-0.39, 0.29) is 0 Å². The first kappa shape index (κ1) is 13.9. The van der Waals surface area contributed by atoms with Crippen LogP contribution in [0.1, 0.15) is 44.3 Å². The molecule has 0 bridgehead atoms. The summed E-state index contributed by atoms with van der Waals surface area (Å²) in [5.41, 5.74) is 0. The Labute approximate surface area is 121 Å². The van der Waals surface area contributed by atoms with Crippen LogP contribution in [0.3, 0.4) is 0 Å². The van der Waals surface area contributed by atoms with Crippen LogP contribution in [0.4, 0.5) is 5.95 Å². The fraction of sp³-hybridized carbons (Fsp3) is 0.867. The summed E-state index contributed by atoms with van der Waals surface area (Å²) in [4.78, 5) is 7.05. The Morgan fingerprint density at radius 3 is 2.60 bits per heavy atom. The number of aromatic amines is 1. The minimum absolute atomic E-state index is 0.813. The van der Waals surface area contributed by atoms with E-state index in [1.165, 1.54) is 38.5 Å². The van der Waals surface area contributed by atoms with Gasteiger partial charge in [0.15, 0.2) is 0 Å². The third-order valence-electron chi connectivity index (χ3n) is 4.87. The van der Waals surface area contributed by atoms with Gasteiger partial charge in [-0.05, 0) is 38.3 Å². The summed E-state index contributed by atoms with van der Waals surface area (Å²) in [6, 6.07) is 0. The number of nitrogens with one attached hydrogen (secondary N) is 2. The van der Waals surface area contributed by atoms with Crippen molar-refractivity contribution < 1.29 is 0 Å². The molecule has 5 nitrogen and oxygen atoms in total. The lowest BCUT2D eigenvalue weighted by molar-refractivity contribution is 0.391. The number of nitrogens with zero attached hydrogens (tertiary/aromatic N) is 3. The van der Waals surface area contributed by atoms with Crippen molar-refractivity contribution in [1.29, 1.82) is 0 Å². The van der Waals surface area contributed by atoms with Gasteiger partial charge in [0.05, 0.1) is 0 Å². The zero-order valence-electron chi connectivity index (χ0n) is 12.6. The number of hydrogen-bond donors (Lipinski definition) is 2. The van der Waals surface area contributed by atoms with Gasteiger partial charge in [-0.15, -0.1) is 5.10 Å². The lowest BCUT2D eigenvalue weighted by atomic mass is 9.97. The largest absolute Gasteiger partial charge is 0.340 e. The van der Waals surface area contributed by atoms with E-state index >= 15 is 0 Å². The van der Waals surface area contributed by atoms with Gasteiger partial charge in [0.25, 0.3) is 0 Å². The number of aromatic nitrogens is 3. The molecule has 0 aromatic carbocycles. The molecule has 0 spiro atoms. The SMILES string of the molecule is CNCC1CCN(c2n[nH]c(CC3CCCC3)n2)CC1. The van der Waals surface area contributed by atoms with Gasteiger partial charge in [-0.2, -0.15) is 4.98 Å². The highest BCUT2D eigenvalue weighted by Crippen LogP contribution is 2.27. The molecule has 0 unspecified atom stereocenters. The first-order valence-electron chi connectivity index (χ1n) is 8.16. The molecule has 2 heterocycles. The van der Waals surface area contributed by atoms with Crippen molar-refractivity contribution in [2.45, 2.75) is 44.9 Å². The van der Waals surface area contributed by atoms with Gasteiger partial charge in [-0.25, -0.2) is 0 Å². The van der Waals surface area contributed by atoms with Crippen molar-refractivity contribution in [3.8, 4) is 0 Å². The van der Waals surface area contributed by atoms with E-state index in [1.54, 1.807) is 0 Å². The van der Waals surface area contributed by atoms with Crippen LogP contribution in [0.15, 0.2) is 0 Å².